The fraction of sp³-hybridized carbons (Fsp3) is 0.588. The van der Waals surface area contributed by atoms with Crippen molar-refractivity contribution >= 4 is 11.9 Å². The lowest BCUT2D eigenvalue weighted by Gasteiger charge is -2.20. The van der Waals surface area contributed by atoms with Crippen LogP contribution in [0.2, 0.25) is 0 Å². The van der Waals surface area contributed by atoms with Gasteiger partial charge in [0.05, 0.1) is 0 Å². The Morgan fingerprint density at radius 2 is 2.05 bits per heavy atom. The number of alkyl carbamates (subject to hydrolysis) is 1. The van der Waals surface area contributed by atoms with Crippen LogP contribution in [0.5, 0.6) is 0 Å². The lowest BCUT2D eigenvalue weighted by Crippen LogP contribution is -2.34. The highest BCUT2D eigenvalue weighted by Crippen LogP contribution is 2.11. The molecule has 22 heavy (non-hydrogen) atoms. The smallest absolute Gasteiger partial charge is 0.407 e. The molecule has 122 valence electrons. The van der Waals surface area contributed by atoms with Crippen molar-refractivity contribution in [1.82, 2.24) is 10.3 Å². The number of nitrogens with one attached hydrogen (secondary N) is 1. The van der Waals surface area contributed by atoms with Crippen molar-refractivity contribution in [2.24, 2.45) is 5.92 Å². The van der Waals surface area contributed by atoms with Gasteiger partial charge in [0.1, 0.15) is 5.60 Å². The number of rotatable bonds is 6. The van der Waals surface area contributed by atoms with Crippen LogP contribution in [0, 0.1) is 12.8 Å². The van der Waals surface area contributed by atoms with Gasteiger partial charge in [0.25, 0.3) is 0 Å². The highest BCUT2D eigenvalue weighted by molar-refractivity contribution is 5.96. The van der Waals surface area contributed by atoms with E-state index in [1.807, 2.05) is 34.6 Å². The normalized spacial score (nSPS) is 12.6. The number of Topliss-reactive ketones (excluding diaryl/α,β-unsaturated/α-hetero) is 1. The average Bonchev–Trinajstić information content (AvgIpc) is 2.40. The van der Waals surface area contributed by atoms with Crippen molar-refractivity contribution in [1.29, 1.82) is 0 Å². The predicted octanol–water partition coefficient (Wildman–Crippen LogP) is 3.51. The van der Waals surface area contributed by atoms with Crippen LogP contribution in [0.1, 0.15) is 56.6 Å². The molecule has 1 heterocycles. The zero-order valence-corrected chi connectivity index (χ0v) is 14.1. The van der Waals surface area contributed by atoms with Crippen LogP contribution in [-0.2, 0) is 4.74 Å². The summed E-state index contributed by atoms with van der Waals surface area (Å²) in [6, 6.07) is 3.53. The third-order valence-corrected chi connectivity index (χ3v) is 3.08. The minimum Gasteiger partial charge on any atom is -0.444 e. The van der Waals surface area contributed by atoms with Crippen molar-refractivity contribution < 1.29 is 14.3 Å². The van der Waals surface area contributed by atoms with Crippen molar-refractivity contribution in [3.8, 4) is 0 Å². The Kier molecular flexibility index (Phi) is 6.53. The Balaban J connectivity index is 2.32. The molecule has 0 aliphatic carbocycles. The lowest BCUT2D eigenvalue weighted by atomic mass is 10.00. The van der Waals surface area contributed by atoms with Crippen molar-refractivity contribution in [2.75, 3.05) is 6.54 Å². The maximum Gasteiger partial charge on any atom is 0.407 e. The number of pyridine rings is 1. The van der Waals surface area contributed by atoms with Crippen molar-refractivity contribution in [3.05, 3.63) is 29.6 Å². The zero-order valence-electron chi connectivity index (χ0n) is 14.1. The first-order valence-corrected chi connectivity index (χ1v) is 7.60. The number of hydrogen-bond acceptors (Lipinski definition) is 4. The van der Waals surface area contributed by atoms with Crippen LogP contribution in [0.4, 0.5) is 4.79 Å². The van der Waals surface area contributed by atoms with E-state index in [0.29, 0.717) is 18.5 Å². The number of ketones is 1. The maximum absolute atomic E-state index is 12.1. The van der Waals surface area contributed by atoms with Gasteiger partial charge in [0.15, 0.2) is 5.78 Å². The number of aryl methyl sites for hydroxylation is 1. The van der Waals surface area contributed by atoms with Crippen LogP contribution in [0.3, 0.4) is 0 Å². The summed E-state index contributed by atoms with van der Waals surface area (Å²) in [6.45, 7) is 9.84. The summed E-state index contributed by atoms with van der Waals surface area (Å²) in [6.07, 6.45) is 2.41. The molecule has 1 aromatic rings. The monoisotopic (exact) mass is 306 g/mol. The molecule has 0 aliphatic rings. The second-order valence-electron chi connectivity index (χ2n) is 6.64. The van der Waals surface area contributed by atoms with E-state index in [2.05, 4.69) is 10.3 Å². The average molecular weight is 306 g/mol. The largest absolute Gasteiger partial charge is 0.444 e. The van der Waals surface area contributed by atoms with Gasteiger partial charge in [-0.25, -0.2) is 4.79 Å². The van der Waals surface area contributed by atoms with Crippen LogP contribution >= 0.6 is 0 Å². The Labute approximate surface area is 132 Å². The minimum atomic E-state index is -0.498. The van der Waals surface area contributed by atoms with Gasteiger partial charge >= 0.3 is 6.09 Å². The molecule has 0 saturated carbocycles. The summed E-state index contributed by atoms with van der Waals surface area (Å²) in [4.78, 5) is 27.7. The van der Waals surface area contributed by atoms with Crippen molar-refractivity contribution in [2.45, 2.75) is 53.1 Å². The first-order chi connectivity index (χ1) is 10.2. The molecular formula is C17H26N2O3. The molecule has 0 radical (unpaired) electrons. The van der Waals surface area contributed by atoms with E-state index in [-0.39, 0.29) is 11.7 Å². The Morgan fingerprint density at radius 1 is 1.36 bits per heavy atom. The molecule has 0 fully saturated rings. The number of hydrogen-bond donors (Lipinski definition) is 1. The zero-order chi connectivity index (χ0) is 16.8. The quantitative estimate of drug-likeness (QED) is 0.817. The lowest BCUT2D eigenvalue weighted by molar-refractivity contribution is 0.0520. The summed E-state index contributed by atoms with van der Waals surface area (Å²) < 4.78 is 5.17. The van der Waals surface area contributed by atoms with Gasteiger partial charge in [-0.15, -0.1) is 0 Å². The minimum absolute atomic E-state index is 0.106. The summed E-state index contributed by atoms with van der Waals surface area (Å²) in [5.74, 6) is 0.314. The van der Waals surface area contributed by atoms with Crippen LogP contribution in [0.15, 0.2) is 18.3 Å². The van der Waals surface area contributed by atoms with Gasteiger partial charge in [0, 0.05) is 30.4 Å². The number of amides is 1. The molecule has 1 atom stereocenters. The van der Waals surface area contributed by atoms with Gasteiger partial charge in [-0.05, 0) is 52.2 Å². The molecule has 5 heteroatoms. The molecule has 1 amide bonds. The molecule has 1 N–H and O–H groups in total. The highest BCUT2D eigenvalue weighted by atomic mass is 16.6. The summed E-state index contributed by atoms with van der Waals surface area (Å²) in [5.41, 5.74) is 1.04. The Bertz CT molecular complexity index is 521. The molecule has 0 spiro atoms. The number of nitrogens with zero attached hydrogens (tertiary/aromatic N) is 1. The fourth-order valence-corrected chi connectivity index (χ4v) is 1.91. The second kappa shape index (κ2) is 7.92. The summed E-state index contributed by atoms with van der Waals surface area (Å²) >= 11 is 0. The Morgan fingerprint density at radius 3 is 2.64 bits per heavy atom. The predicted molar refractivity (Wildman–Crippen MR) is 85.9 cm³/mol. The van der Waals surface area contributed by atoms with Crippen LogP contribution < -0.4 is 5.32 Å². The molecule has 0 bridgehead atoms. The first kappa shape index (κ1) is 18.1. The molecule has 5 nitrogen and oxygen atoms in total. The van der Waals surface area contributed by atoms with Crippen LogP contribution in [0.25, 0.3) is 0 Å². The highest BCUT2D eigenvalue weighted by Gasteiger charge is 2.16. The number of ether oxygens (including phenoxy) is 1. The van der Waals surface area contributed by atoms with E-state index in [1.54, 1.807) is 18.3 Å². The fourth-order valence-electron chi connectivity index (χ4n) is 1.91. The molecule has 1 rings (SSSR count). The third-order valence-electron chi connectivity index (χ3n) is 3.08. The molecule has 0 saturated heterocycles. The van der Waals surface area contributed by atoms with E-state index < -0.39 is 11.7 Å². The van der Waals surface area contributed by atoms with E-state index >= 15 is 0 Å². The third kappa shape index (κ3) is 7.20. The van der Waals surface area contributed by atoms with Gasteiger partial charge in [-0.2, -0.15) is 0 Å². The number of carbonyl (C=O) groups excluding carboxylic acids is 2. The number of carbonyl (C=O) groups is 2. The van der Waals surface area contributed by atoms with Gasteiger partial charge in [-0.1, -0.05) is 6.92 Å². The Hall–Kier alpha value is -1.91. The van der Waals surface area contributed by atoms with E-state index in [4.69, 9.17) is 4.74 Å². The number of aromatic nitrogens is 1. The summed E-state index contributed by atoms with van der Waals surface area (Å²) in [7, 11) is 0. The van der Waals surface area contributed by atoms with E-state index in [0.717, 1.165) is 12.1 Å². The van der Waals surface area contributed by atoms with Gasteiger partial charge in [0.2, 0.25) is 0 Å². The topological polar surface area (TPSA) is 68.3 Å². The van der Waals surface area contributed by atoms with Crippen molar-refractivity contribution in [3.63, 3.8) is 0 Å². The van der Waals surface area contributed by atoms with Gasteiger partial charge < -0.3 is 10.1 Å². The van der Waals surface area contributed by atoms with Crippen LogP contribution in [-0.4, -0.2) is 29.0 Å². The molecule has 0 aliphatic heterocycles. The molecular weight excluding hydrogens is 280 g/mol. The first-order valence-electron chi connectivity index (χ1n) is 7.60. The maximum atomic E-state index is 12.1. The summed E-state index contributed by atoms with van der Waals surface area (Å²) in [5, 5.41) is 2.73. The standard InChI is InChI=1S/C17H26N2O3/c1-12(11-19-16(21)22-17(3,4)5)6-7-15(20)14-8-9-18-13(2)10-14/h8-10,12H,6-7,11H2,1-5H3,(H,19,21). The molecule has 1 unspecified atom stereocenters. The van der Waals surface area contributed by atoms with E-state index in [1.165, 1.54) is 0 Å². The van der Waals surface area contributed by atoms with Gasteiger partial charge in [-0.3, -0.25) is 9.78 Å². The van der Waals surface area contributed by atoms with E-state index in [9.17, 15) is 9.59 Å². The SMILES string of the molecule is Cc1cc(C(=O)CCC(C)CNC(=O)OC(C)(C)C)ccn1. The molecule has 0 aromatic carbocycles. The molecule has 1 aromatic heterocycles. The second-order valence-corrected chi connectivity index (χ2v) is 6.64.